The monoisotopic (exact) mass is 233 g/mol. The molecule has 0 aromatic carbocycles. The Morgan fingerprint density at radius 2 is 2.07 bits per heavy atom. The highest BCUT2D eigenvalue weighted by molar-refractivity contribution is 7.89. The molecule has 4 nitrogen and oxygen atoms in total. The van der Waals surface area contributed by atoms with Gasteiger partial charge in [0, 0.05) is 13.1 Å². The molecule has 0 spiro atoms. The molecule has 0 bridgehead atoms. The first-order valence-corrected chi connectivity index (χ1v) is 7.35. The van der Waals surface area contributed by atoms with Gasteiger partial charge >= 0.3 is 0 Å². The SMILES string of the molecule is O=S1(=O)CCCCN1CC1CCC(O)C1. The fourth-order valence-corrected chi connectivity index (χ4v) is 4.22. The number of sulfonamides is 1. The summed E-state index contributed by atoms with van der Waals surface area (Å²) in [5.41, 5.74) is 0. The van der Waals surface area contributed by atoms with E-state index in [1.54, 1.807) is 4.31 Å². The number of aliphatic hydroxyl groups excluding tert-OH is 1. The molecule has 2 atom stereocenters. The third-order valence-electron chi connectivity index (χ3n) is 3.43. The summed E-state index contributed by atoms with van der Waals surface area (Å²) < 4.78 is 25.1. The lowest BCUT2D eigenvalue weighted by atomic mass is 10.1. The Hall–Kier alpha value is -0.130. The summed E-state index contributed by atoms with van der Waals surface area (Å²) in [7, 11) is -2.98. The molecule has 1 aliphatic heterocycles. The number of rotatable bonds is 2. The second-order valence-electron chi connectivity index (χ2n) is 4.71. The van der Waals surface area contributed by atoms with E-state index in [0.717, 1.165) is 32.1 Å². The van der Waals surface area contributed by atoms with Gasteiger partial charge in [0.1, 0.15) is 0 Å². The molecular weight excluding hydrogens is 214 g/mol. The van der Waals surface area contributed by atoms with Gasteiger partial charge in [-0.3, -0.25) is 0 Å². The van der Waals surface area contributed by atoms with Crippen LogP contribution >= 0.6 is 0 Å². The van der Waals surface area contributed by atoms with E-state index in [2.05, 4.69) is 0 Å². The molecule has 0 aromatic heterocycles. The van der Waals surface area contributed by atoms with Gasteiger partial charge < -0.3 is 5.11 Å². The van der Waals surface area contributed by atoms with E-state index < -0.39 is 10.0 Å². The molecule has 88 valence electrons. The Labute approximate surface area is 91.3 Å². The van der Waals surface area contributed by atoms with Crippen LogP contribution in [0.15, 0.2) is 0 Å². The minimum atomic E-state index is -2.98. The van der Waals surface area contributed by atoms with Crippen molar-refractivity contribution >= 4 is 10.0 Å². The number of hydrogen-bond donors (Lipinski definition) is 1. The zero-order valence-corrected chi connectivity index (χ0v) is 9.75. The average Bonchev–Trinajstić information content (AvgIpc) is 2.55. The van der Waals surface area contributed by atoms with Crippen LogP contribution in [-0.4, -0.2) is 42.8 Å². The van der Waals surface area contributed by atoms with Crippen molar-refractivity contribution in [2.45, 2.75) is 38.2 Å². The molecular formula is C10H19NO3S. The molecule has 1 saturated heterocycles. The lowest BCUT2D eigenvalue weighted by Crippen LogP contribution is -2.40. The first-order chi connectivity index (χ1) is 7.08. The molecule has 1 heterocycles. The zero-order valence-electron chi connectivity index (χ0n) is 8.93. The Balaban J connectivity index is 1.93. The molecule has 0 amide bonds. The maximum Gasteiger partial charge on any atom is 0.214 e. The van der Waals surface area contributed by atoms with Crippen LogP contribution < -0.4 is 0 Å². The first kappa shape index (κ1) is 11.4. The van der Waals surface area contributed by atoms with Crippen LogP contribution in [0.25, 0.3) is 0 Å². The van der Waals surface area contributed by atoms with Crippen molar-refractivity contribution in [3.05, 3.63) is 0 Å². The molecule has 0 radical (unpaired) electrons. The molecule has 2 unspecified atom stereocenters. The van der Waals surface area contributed by atoms with Gasteiger partial charge in [-0.15, -0.1) is 0 Å². The highest BCUT2D eigenvalue weighted by Gasteiger charge is 2.31. The fourth-order valence-electron chi connectivity index (χ4n) is 2.55. The van der Waals surface area contributed by atoms with Crippen LogP contribution in [0.2, 0.25) is 0 Å². The standard InChI is InChI=1S/C10H19NO3S/c12-10-4-3-9(7-10)8-11-5-1-2-6-15(11,13)14/h9-10,12H,1-8H2. The minimum Gasteiger partial charge on any atom is -0.393 e. The van der Waals surface area contributed by atoms with Crippen molar-refractivity contribution < 1.29 is 13.5 Å². The normalized spacial score (nSPS) is 36.9. The summed E-state index contributed by atoms with van der Waals surface area (Å²) in [6.07, 6.45) is 4.14. The van der Waals surface area contributed by atoms with Gasteiger partial charge in [-0.25, -0.2) is 12.7 Å². The summed E-state index contributed by atoms with van der Waals surface area (Å²) in [6.45, 7) is 1.30. The molecule has 2 aliphatic rings. The second-order valence-corrected chi connectivity index (χ2v) is 6.80. The summed E-state index contributed by atoms with van der Waals surface area (Å²) in [5.74, 6) is 0.676. The predicted molar refractivity (Wildman–Crippen MR) is 57.9 cm³/mol. The molecule has 1 N–H and O–H groups in total. The largest absolute Gasteiger partial charge is 0.393 e. The molecule has 2 fully saturated rings. The zero-order chi connectivity index (χ0) is 10.9. The van der Waals surface area contributed by atoms with Crippen LogP contribution in [-0.2, 0) is 10.0 Å². The molecule has 5 heteroatoms. The Kier molecular flexibility index (Phi) is 3.33. The molecule has 1 saturated carbocycles. The predicted octanol–water partition coefficient (Wildman–Crippen LogP) is 0.573. The third kappa shape index (κ3) is 2.71. The summed E-state index contributed by atoms with van der Waals surface area (Å²) in [5, 5.41) is 9.39. The number of nitrogens with zero attached hydrogens (tertiary/aromatic N) is 1. The van der Waals surface area contributed by atoms with Crippen molar-refractivity contribution in [3.8, 4) is 0 Å². The summed E-state index contributed by atoms with van der Waals surface area (Å²) in [6, 6.07) is 0. The van der Waals surface area contributed by atoms with Crippen molar-refractivity contribution in [1.29, 1.82) is 0 Å². The molecule has 15 heavy (non-hydrogen) atoms. The second kappa shape index (κ2) is 4.39. The van der Waals surface area contributed by atoms with Crippen molar-refractivity contribution in [2.24, 2.45) is 5.92 Å². The van der Waals surface area contributed by atoms with Crippen molar-refractivity contribution in [3.63, 3.8) is 0 Å². The fraction of sp³-hybridized carbons (Fsp3) is 1.00. The van der Waals surface area contributed by atoms with Crippen molar-refractivity contribution in [2.75, 3.05) is 18.8 Å². The van der Waals surface area contributed by atoms with Gasteiger partial charge in [-0.05, 0) is 38.0 Å². The van der Waals surface area contributed by atoms with E-state index in [0.29, 0.717) is 24.8 Å². The minimum absolute atomic E-state index is 0.206. The smallest absolute Gasteiger partial charge is 0.214 e. The van der Waals surface area contributed by atoms with Gasteiger partial charge in [0.15, 0.2) is 0 Å². The summed E-state index contributed by atoms with van der Waals surface area (Å²) in [4.78, 5) is 0. The van der Waals surface area contributed by atoms with E-state index in [9.17, 15) is 13.5 Å². The topological polar surface area (TPSA) is 57.6 Å². The maximum absolute atomic E-state index is 11.7. The highest BCUT2D eigenvalue weighted by atomic mass is 32.2. The van der Waals surface area contributed by atoms with E-state index in [1.165, 1.54) is 0 Å². The lowest BCUT2D eigenvalue weighted by molar-refractivity contribution is 0.174. The van der Waals surface area contributed by atoms with Crippen LogP contribution in [0, 0.1) is 5.92 Å². The Morgan fingerprint density at radius 1 is 1.27 bits per heavy atom. The third-order valence-corrected chi connectivity index (χ3v) is 5.35. The van der Waals surface area contributed by atoms with Gasteiger partial charge in [0.2, 0.25) is 10.0 Å². The van der Waals surface area contributed by atoms with Crippen LogP contribution in [0.5, 0.6) is 0 Å². The lowest BCUT2D eigenvalue weighted by Gasteiger charge is -2.28. The Morgan fingerprint density at radius 3 is 2.67 bits per heavy atom. The molecule has 0 aromatic rings. The van der Waals surface area contributed by atoms with E-state index in [4.69, 9.17) is 0 Å². The molecule has 1 aliphatic carbocycles. The maximum atomic E-state index is 11.7. The summed E-state index contributed by atoms with van der Waals surface area (Å²) >= 11 is 0. The Bertz CT molecular complexity index is 315. The van der Waals surface area contributed by atoms with Gasteiger partial charge in [0.25, 0.3) is 0 Å². The van der Waals surface area contributed by atoms with Gasteiger partial charge in [-0.2, -0.15) is 0 Å². The van der Waals surface area contributed by atoms with Gasteiger partial charge in [0.05, 0.1) is 11.9 Å². The van der Waals surface area contributed by atoms with E-state index in [-0.39, 0.29) is 6.10 Å². The highest BCUT2D eigenvalue weighted by Crippen LogP contribution is 2.28. The quantitative estimate of drug-likeness (QED) is 0.758. The number of aliphatic hydroxyl groups is 1. The average molecular weight is 233 g/mol. The van der Waals surface area contributed by atoms with Crippen LogP contribution in [0.4, 0.5) is 0 Å². The van der Waals surface area contributed by atoms with Crippen LogP contribution in [0.3, 0.4) is 0 Å². The van der Waals surface area contributed by atoms with Gasteiger partial charge in [-0.1, -0.05) is 0 Å². The number of hydrogen-bond acceptors (Lipinski definition) is 3. The van der Waals surface area contributed by atoms with E-state index in [1.807, 2.05) is 0 Å². The van der Waals surface area contributed by atoms with Crippen LogP contribution in [0.1, 0.15) is 32.1 Å². The van der Waals surface area contributed by atoms with E-state index >= 15 is 0 Å². The van der Waals surface area contributed by atoms with Crippen molar-refractivity contribution in [1.82, 2.24) is 4.31 Å². The first-order valence-electron chi connectivity index (χ1n) is 5.74. The molecule has 2 rings (SSSR count).